The zero-order chi connectivity index (χ0) is 20.8. The summed E-state index contributed by atoms with van der Waals surface area (Å²) in [5, 5.41) is 2.87. The molecule has 2 aromatic carbocycles. The molecule has 3 rings (SSSR count). The fraction of sp³-hybridized carbons (Fsp3) is 0.182. The van der Waals surface area contributed by atoms with Gasteiger partial charge < -0.3 is 14.8 Å². The first kappa shape index (κ1) is 20.8. The van der Waals surface area contributed by atoms with Crippen LogP contribution in [0.4, 0.5) is 4.39 Å². The number of nitrogens with one attached hydrogen (secondary N) is 1. The predicted octanol–water partition coefficient (Wildman–Crippen LogP) is 5.06. The number of nitrogens with zero attached hydrogens (tertiary/aromatic N) is 1. The lowest BCUT2D eigenvalue weighted by molar-refractivity contribution is 0.0939. The number of benzene rings is 2. The first-order chi connectivity index (χ1) is 14.0. The Labute approximate surface area is 177 Å². The summed E-state index contributed by atoms with van der Waals surface area (Å²) in [6.07, 6.45) is 3.42. The topological polar surface area (TPSA) is 60.5 Å². The molecule has 0 fully saturated rings. The smallest absolute Gasteiger partial charge is 0.251 e. The van der Waals surface area contributed by atoms with Crippen LogP contribution in [0.3, 0.4) is 0 Å². The molecule has 3 aromatic rings. The molecule has 1 aromatic heterocycles. The number of rotatable bonds is 7. The van der Waals surface area contributed by atoms with Gasteiger partial charge in [-0.2, -0.15) is 0 Å². The monoisotopic (exact) mass is 458 g/mol. The van der Waals surface area contributed by atoms with Crippen molar-refractivity contribution in [3.05, 3.63) is 87.9 Å². The van der Waals surface area contributed by atoms with Crippen molar-refractivity contribution in [3.63, 3.8) is 0 Å². The minimum Gasteiger partial charge on any atom is -0.493 e. The number of ether oxygens (including phenoxy) is 2. The van der Waals surface area contributed by atoms with E-state index in [9.17, 15) is 9.18 Å². The Morgan fingerprint density at radius 1 is 1.14 bits per heavy atom. The molecule has 29 heavy (non-hydrogen) atoms. The number of hydrogen-bond donors (Lipinski definition) is 1. The molecule has 0 aliphatic carbocycles. The van der Waals surface area contributed by atoms with E-state index in [0.717, 1.165) is 11.1 Å². The summed E-state index contributed by atoms with van der Waals surface area (Å²) < 4.78 is 25.3. The second-order valence-corrected chi connectivity index (χ2v) is 7.32. The highest BCUT2D eigenvalue weighted by atomic mass is 79.9. The second-order valence-electron chi connectivity index (χ2n) is 6.41. The maximum absolute atomic E-state index is 13.5. The third-order valence-corrected chi connectivity index (χ3v) is 4.76. The number of hydrogen-bond acceptors (Lipinski definition) is 4. The van der Waals surface area contributed by atoms with Crippen molar-refractivity contribution in [2.75, 3.05) is 7.11 Å². The molecule has 1 amide bonds. The molecule has 1 heterocycles. The highest BCUT2D eigenvalue weighted by Crippen LogP contribution is 2.31. The van der Waals surface area contributed by atoms with Crippen LogP contribution in [0.1, 0.15) is 34.5 Å². The van der Waals surface area contributed by atoms with E-state index in [-0.39, 0.29) is 17.5 Å². The number of pyridine rings is 1. The molecule has 0 saturated heterocycles. The highest BCUT2D eigenvalue weighted by Gasteiger charge is 2.15. The lowest BCUT2D eigenvalue weighted by atomic mass is 10.1. The van der Waals surface area contributed by atoms with Crippen LogP contribution in [0.25, 0.3) is 0 Å². The van der Waals surface area contributed by atoms with Crippen LogP contribution in [-0.4, -0.2) is 18.0 Å². The van der Waals surface area contributed by atoms with Crippen LogP contribution < -0.4 is 14.8 Å². The Morgan fingerprint density at radius 2 is 1.90 bits per heavy atom. The van der Waals surface area contributed by atoms with E-state index < -0.39 is 5.82 Å². The molecule has 0 bridgehead atoms. The quantitative estimate of drug-likeness (QED) is 0.537. The van der Waals surface area contributed by atoms with E-state index >= 15 is 0 Å². The lowest BCUT2D eigenvalue weighted by Gasteiger charge is -2.17. The van der Waals surface area contributed by atoms with E-state index in [1.165, 1.54) is 12.1 Å². The molecule has 1 unspecified atom stereocenters. The van der Waals surface area contributed by atoms with Crippen LogP contribution in [0.2, 0.25) is 0 Å². The fourth-order valence-corrected chi connectivity index (χ4v) is 3.23. The van der Waals surface area contributed by atoms with Gasteiger partial charge >= 0.3 is 0 Å². The van der Waals surface area contributed by atoms with Crippen LogP contribution >= 0.6 is 15.9 Å². The summed E-state index contributed by atoms with van der Waals surface area (Å²) in [5.41, 5.74) is 2.07. The van der Waals surface area contributed by atoms with Crippen LogP contribution in [0.15, 0.2) is 65.4 Å². The molecular weight excluding hydrogens is 439 g/mol. The van der Waals surface area contributed by atoms with Crippen molar-refractivity contribution in [1.82, 2.24) is 10.3 Å². The minimum atomic E-state index is -0.477. The van der Waals surface area contributed by atoms with E-state index in [1.807, 2.05) is 31.2 Å². The lowest BCUT2D eigenvalue weighted by Crippen LogP contribution is -2.26. The van der Waals surface area contributed by atoms with Crippen molar-refractivity contribution in [3.8, 4) is 11.5 Å². The number of amides is 1. The van der Waals surface area contributed by atoms with Gasteiger partial charge in [0, 0.05) is 22.4 Å². The van der Waals surface area contributed by atoms with Crippen molar-refractivity contribution >= 4 is 21.8 Å². The molecule has 7 heteroatoms. The summed E-state index contributed by atoms with van der Waals surface area (Å²) >= 11 is 3.20. The summed E-state index contributed by atoms with van der Waals surface area (Å²) in [7, 11) is 1.56. The standard InChI is InChI=1S/C22H20BrFN2O3/c1-14(26-22(27)17-9-18(23)12-19(24)10-17)16-3-4-20(21(11-16)28-2)29-13-15-5-7-25-8-6-15/h3-12,14H,13H2,1-2H3,(H,26,27). The average molecular weight is 459 g/mol. The largest absolute Gasteiger partial charge is 0.493 e. The van der Waals surface area contributed by atoms with Crippen molar-refractivity contribution in [1.29, 1.82) is 0 Å². The maximum atomic E-state index is 13.5. The molecule has 0 aliphatic heterocycles. The Balaban J connectivity index is 1.70. The normalized spacial score (nSPS) is 11.6. The van der Waals surface area contributed by atoms with Gasteiger partial charge in [-0.15, -0.1) is 0 Å². The van der Waals surface area contributed by atoms with Crippen LogP contribution in [0.5, 0.6) is 11.5 Å². The van der Waals surface area contributed by atoms with E-state index in [1.54, 1.807) is 31.6 Å². The summed E-state index contributed by atoms with van der Waals surface area (Å²) in [4.78, 5) is 16.4. The Hall–Kier alpha value is -2.93. The zero-order valence-corrected chi connectivity index (χ0v) is 17.6. The van der Waals surface area contributed by atoms with Crippen molar-refractivity contribution in [2.24, 2.45) is 0 Å². The Morgan fingerprint density at radius 3 is 2.59 bits per heavy atom. The predicted molar refractivity (Wildman–Crippen MR) is 112 cm³/mol. The molecule has 0 radical (unpaired) electrons. The number of halogens is 2. The Bertz CT molecular complexity index is 978. The average Bonchev–Trinajstić information content (AvgIpc) is 2.72. The number of carbonyl (C=O) groups is 1. The van der Waals surface area contributed by atoms with Crippen molar-refractivity contribution in [2.45, 2.75) is 19.6 Å². The van der Waals surface area contributed by atoms with E-state index in [0.29, 0.717) is 22.6 Å². The van der Waals surface area contributed by atoms with Gasteiger partial charge in [-0.25, -0.2) is 4.39 Å². The third-order valence-electron chi connectivity index (χ3n) is 4.30. The molecule has 5 nitrogen and oxygen atoms in total. The van der Waals surface area contributed by atoms with E-state index in [2.05, 4.69) is 26.2 Å². The third kappa shape index (κ3) is 5.54. The van der Waals surface area contributed by atoms with Crippen LogP contribution in [0, 0.1) is 5.82 Å². The van der Waals surface area contributed by atoms with Crippen molar-refractivity contribution < 1.29 is 18.7 Å². The SMILES string of the molecule is COc1cc(C(C)NC(=O)c2cc(F)cc(Br)c2)ccc1OCc1ccncc1. The first-order valence-electron chi connectivity index (χ1n) is 8.93. The van der Waals surface area contributed by atoms with Gasteiger partial charge in [-0.05, 0) is 60.5 Å². The highest BCUT2D eigenvalue weighted by molar-refractivity contribution is 9.10. The van der Waals surface area contributed by atoms with Gasteiger partial charge in [-0.1, -0.05) is 22.0 Å². The molecule has 1 atom stereocenters. The molecule has 0 saturated carbocycles. The van der Waals surface area contributed by atoms with Gasteiger partial charge in [-0.3, -0.25) is 9.78 Å². The van der Waals surface area contributed by atoms with Gasteiger partial charge in [0.25, 0.3) is 5.91 Å². The fourth-order valence-electron chi connectivity index (χ4n) is 2.76. The second kappa shape index (κ2) is 9.52. The first-order valence-corrected chi connectivity index (χ1v) is 9.72. The summed E-state index contributed by atoms with van der Waals surface area (Å²) in [6, 6.07) is 13.0. The summed E-state index contributed by atoms with van der Waals surface area (Å²) in [5.74, 6) is 0.316. The van der Waals surface area contributed by atoms with Crippen LogP contribution in [-0.2, 0) is 6.61 Å². The van der Waals surface area contributed by atoms with Gasteiger partial charge in [0.15, 0.2) is 11.5 Å². The molecule has 0 spiro atoms. The number of carbonyl (C=O) groups excluding carboxylic acids is 1. The molecular formula is C22H20BrFN2O3. The van der Waals surface area contributed by atoms with Gasteiger partial charge in [0.2, 0.25) is 0 Å². The molecule has 1 N–H and O–H groups in total. The molecule has 150 valence electrons. The molecule has 0 aliphatic rings. The zero-order valence-electron chi connectivity index (χ0n) is 16.0. The Kier molecular flexibility index (Phi) is 6.82. The van der Waals surface area contributed by atoms with Gasteiger partial charge in [0.1, 0.15) is 12.4 Å². The minimum absolute atomic E-state index is 0.244. The number of methoxy groups -OCH3 is 1. The van der Waals surface area contributed by atoms with Gasteiger partial charge in [0.05, 0.1) is 13.2 Å². The van der Waals surface area contributed by atoms with E-state index in [4.69, 9.17) is 9.47 Å². The number of aromatic nitrogens is 1. The summed E-state index contributed by atoms with van der Waals surface area (Å²) in [6.45, 7) is 2.23. The maximum Gasteiger partial charge on any atom is 0.251 e.